The van der Waals surface area contributed by atoms with Gasteiger partial charge in [0, 0.05) is 22.5 Å². The highest BCUT2D eigenvalue weighted by Crippen LogP contribution is 2.64. The third kappa shape index (κ3) is 1.31. The summed E-state index contributed by atoms with van der Waals surface area (Å²) in [7, 11) is 2.20. The molecule has 4 rings (SSSR count). The van der Waals surface area contributed by atoms with Gasteiger partial charge < -0.3 is 15.1 Å². The van der Waals surface area contributed by atoms with Crippen LogP contribution in [-0.2, 0) is 0 Å². The van der Waals surface area contributed by atoms with Gasteiger partial charge in [0.15, 0.2) is 0 Å². The highest BCUT2D eigenvalue weighted by Gasteiger charge is 2.65. The highest BCUT2D eigenvalue weighted by atomic mass is 16.3. The smallest absolute Gasteiger partial charge is 0.0831 e. The van der Waals surface area contributed by atoms with Crippen LogP contribution in [0.25, 0.3) is 0 Å². The van der Waals surface area contributed by atoms with E-state index in [-0.39, 0.29) is 17.1 Å². The van der Waals surface area contributed by atoms with Crippen molar-refractivity contribution in [2.24, 2.45) is 16.2 Å². The van der Waals surface area contributed by atoms with Crippen molar-refractivity contribution >= 4 is 0 Å². The summed E-state index contributed by atoms with van der Waals surface area (Å²) < 4.78 is 0.795. The van der Waals surface area contributed by atoms with E-state index < -0.39 is 0 Å². The van der Waals surface area contributed by atoms with Crippen molar-refractivity contribution in [2.45, 2.75) is 46.3 Å². The van der Waals surface area contributed by atoms with Crippen molar-refractivity contribution in [1.29, 1.82) is 0 Å². The van der Waals surface area contributed by atoms with Crippen LogP contribution in [0.4, 0.5) is 0 Å². The second-order valence-corrected chi connectivity index (χ2v) is 7.95. The van der Waals surface area contributed by atoms with Crippen LogP contribution in [0.5, 0.6) is 0 Å². The summed E-state index contributed by atoms with van der Waals surface area (Å²) in [4.78, 5) is 0. The predicted octanol–water partition coefficient (Wildman–Crippen LogP) is 0.525. The van der Waals surface area contributed by atoms with E-state index >= 15 is 0 Å². The van der Waals surface area contributed by atoms with E-state index in [1.165, 1.54) is 6.42 Å². The largest absolute Gasteiger partial charge is 0.806 e. The molecule has 3 heterocycles. The molecule has 0 aromatic heterocycles. The summed E-state index contributed by atoms with van der Waals surface area (Å²) in [6, 6.07) is 0. The van der Waals surface area contributed by atoms with E-state index in [9.17, 15) is 5.11 Å². The maximum absolute atomic E-state index is 12.6. The van der Waals surface area contributed by atoms with Crippen LogP contribution in [-0.4, -0.2) is 36.3 Å². The first kappa shape index (κ1) is 12.3. The van der Waals surface area contributed by atoms with Gasteiger partial charge in [0.25, 0.3) is 0 Å². The summed E-state index contributed by atoms with van der Waals surface area (Å²) >= 11 is 0. The van der Waals surface area contributed by atoms with Gasteiger partial charge in [0.05, 0.1) is 20.1 Å². The van der Waals surface area contributed by atoms with E-state index in [1.54, 1.807) is 0 Å². The molecule has 2 N–H and O–H groups in total. The fourth-order valence-electron chi connectivity index (χ4n) is 6.28. The number of quaternary nitrogens is 1. The van der Waals surface area contributed by atoms with Crippen molar-refractivity contribution in [3.05, 3.63) is 0 Å². The van der Waals surface area contributed by atoms with Gasteiger partial charge in [-0.1, -0.05) is 20.8 Å². The summed E-state index contributed by atoms with van der Waals surface area (Å²) in [6.45, 7) is 9.29. The van der Waals surface area contributed by atoms with E-state index in [2.05, 4.69) is 27.8 Å². The van der Waals surface area contributed by atoms with E-state index in [1.807, 2.05) is 0 Å². The number of hydrogen-bond acceptors (Lipinski definition) is 1. The van der Waals surface area contributed by atoms with E-state index in [0.717, 1.165) is 30.4 Å². The Morgan fingerprint density at radius 2 is 1.44 bits per heavy atom. The second-order valence-electron chi connectivity index (χ2n) is 7.95. The molecule has 4 fully saturated rings. The number of hydrogen-bond donors (Lipinski definition) is 0. The molecule has 3 aliphatic heterocycles. The molecular formula is C13H25NO2. The number of rotatable bonds is 0. The molecule has 0 aromatic carbocycles. The Morgan fingerprint density at radius 3 is 1.81 bits per heavy atom. The maximum Gasteiger partial charge on any atom is 0.0831 e. The van der Waals surface area contributed by atoms with Crippen molar-refractivity contribution in [3.8, 4) is 0 Å². The molecule has 3 saturated heterocycles. The molecule has 3 heteroatoms. The van der Waals surface area contributed by atoms with E-state index in [0.29, 0.717) is 10.8 Å². The topological polar surface area (TPSA) is 54.6 Å². The van der Waals surface area contributed by atoms with Crippen molar-refractivity contribution in [2.75, 3.05) is 20.1 Å². The zero-order chi connectivity index (χ0) is 11.1. The lowest BCUT2D eigenvalue weighted by molar-refractivity contribution is -1.04. The van der Waals surface area contributed by atoms with Crippen molar-refractivity contribution in [1.82, 2.24) is 0 Å². The minimum absolute atomic E-state index is 0. The quantitative estimate of drug-likeness (QED) is 0.557. The van der Waals surface area contributed by atoms with Crippen LogP contribution in [0, 0.1) is 16.2 Å². The molecule has 1 saturated carbocycles. The number of piperidine rings is 3. The fraction of sp³-hybridized carbons (Fsp3) is 1.00. The molecule has 3 nitrogen and oxygen atoms in total. The first-order valence-electron chi connectivity index (χ1n) is 6.19. The summed E-state index contributed by atoms with van der Waals surface area (Å²) in [5.74, 6) is 0. The van der Waals surface area contributed by atoms with Crippen LogP contribution in [0.1, 0.15) is 40.0 Å². The molecule has 94 valence electrons. The SMILES string of the molecule is CC12C[C@@]3(C)C[C@@](C)(C1)C[N+](C)(C3)[C@@H]2[O-].O. The second kappa shape index (κ2) is 2.82. The zero-order valence-electron chi connectivity index (χ0n) is 11.0. The van der Waals surface area contributed by atoms with Crippen LogP contribution in [0.2, 0.25) is 0 Å². The van der Waals surface area contributed by atoms with E-state index in [4.69, 9.17) is 0 Å². The summed E-state index contributed by atoms with van der Waals surface area (Å²) in [5, 5.41) is 12.6. The molecule has 2 unspecified atom stereocenters. The molecule has 4 aliphatic rings. The fourth-order valence-corrected chi connectivity index (χ4v) is 6.28. The van der Waals surface area contributed by atoms with Gasteiger partial charge in [-0.05, 0) is 19.3 Å². The van der Waals surface area contributed by atoms with Gasteiger partial charge in [-0.15, -0.1) is 0 Å². The first-order valence-corrected chi connectivity index (χ1v) is 6.19. The molecule has 0 spiro atoms. The van der Waals surface area contributed by atoms with Crippen LogP contribution in [0.3, 0.4) is 0 Å². The van der Waals surface area contributed by atoms with Crippen LogP contribution in [0.15, 0.2) is 0 Å². The normalized spacial score (nSPS) is 63.2. The molecule has 0 amide bonds. The maximum atomic E-state index is 12.6. The van der Waals surface area contributed by atoms with Gasteiger partial charge in [0.1, 0.15) is 0 Å². The summed E-state index contributed by atoms with van der Waals surface area (Å²) in [5.41, 5.74) is 0.943. The lowest BCUT2D eigenvalue weighted by Crippen LogP contribution is -2.80. The van der Waals surface area contributed by atoms with Gasteiger partial charge >= 0.3 is 0 Å². The van der Waals surface area contributed by atoms with Gasteiger partial charge in [0.2, 0.25) is 0 Å². The molecule has 5 atom stereocenters. The van der Waals surface area contributed by atoms with Gasteiger partial charge in [-0.3, -0.25) is 0 Å². The number of nitrogens with zero attached hydrogens (tertiary/aromatic N) is 1. The Bertz CT molecular complexity index is 284. The Morgan fingerprint density at radius 1 is 1.00 bits per heavy atom. The Hall–Kier alpha value is -0.120. The average molecular weight is 227 g/mol. The first-order chi connectivity index (χ1) is 6.69. The Labute approximate surface area is 98.3 Å². The van der Waals surface area contributed by atoms with Gasteiger partial charge in [-0.2, -0.15) is 0 Å². The molecular weight excluding hydrogens is 202 g/mol. The molecule has 4 bridgehead atoms. The van der Waals surface area contributed by atoms with Crippen LogP contribution >= 0.6 is 0 Å². The molecule has 1 aliphatic carbocycles. The zero-order valence-corrected chi connectivity index (χ0v) is 11.0. The molecule has 0 radical (unpaired) electrons. The lowest BCUT2D eigenvalue weighted by Gasteiger charge is -2.73. The predicted molar refractivity (Wildman–Crippen MR) is 61.5 cm³/mol. The monoisotopic (exact) mass is 227 g/mol. The lowest BCUT2D eigenvalue weighted by atomic mass is 9.47. The minimum Gasteiger partial charge on any atom is -0.806 e. The molecule has 16 heavy (non-hydrogen) atoms. The summed E-state index contributed by atoms with van der Waals surface area (Å²) in [6.07, 6.45) is 3.30. The van der Waals surface area contributed by atoms with Gasteiger partial charge in [-0.25, -0.2) is 0 Å². The van der Waals surface area contributed by atoms with Crippen molar-refractivity contribution in [3.63, 3.8) is 0 Å². The minimum atomic E-state index is -0.376. The van der Waals surface area contributed by atoms with Crippen molar-refractivity contribution < 1.29 is 15.1 Å². The third-order valence-corrected chi connectivity index (χ3v) is 5.16. The Balaban J connectivity index is 0.000000963. The standard InChI is InChI=1S/C13H23NO.H2O/c1-11-5-12(2)7-13(3,6-11)10(15)14(4,8-11)9-12;/h10H,5-9H2,1-4H3;1H2/t10-,11-,12+,13?,14?;/m1./s1. The highest BCUT2D eigenvalue weighted by molar-refractivity contribution is 5.06. The van der Waals surface area contributed by atoms with Crippen LogP contribution < -0.4 is 5.11 Å². The average Bonchev–Trinajstić information content (AvgIpc) is 1.93. The Kier molecular flexibility index (Phi) is 2.18. The third-order valence-electron chi connectivity index (χ3n) is 5.16. The molecule has 0 aromatic rings.